The Morgan fingerprint density at radius 1 is 1.16 bits per heavy atom. The maximum Gasteiger partial charge on any atom is 0.283 e. The van der Waals surface area contributed by atoms with E-state index in [1.165, 1.54) is 11.3 Å². The van der Waals surface area contributed by atoms with Gasteiger partial charge in [0.2, 0.25) is 0 Å². The standard InChI is InChI=1S/C24H18N2O4S/c1-3-8-26-18-13-20-21(30-10-9-29-20)14-22(18)31-24(26)25-23(27)17-11-15-6-4-5-7-16(15)12-19(17)28-2/h1,4-7,11-14H,8-10H2,2H3. The largest absolute Gasteiger partial charge is 0.496 e. The molecule has 0 bridgehead atoms. The second kappa shape index (κ2) is 7.82. The van der Waals surface area contributed by atoms with Gasteiger partial charge in [0.15, 0.2) is 16.3 Å². The zero-order valence-electron chi connectivity index (χ0n) is 16.8. The molecule has 4 aromatic rings. The van der Waals surface area contributed by atoms with E-state index in [0.717, 1.165) is 21.0 Å². The highest BCUT2D eigenvalue weighted by molar-refractivity contribution is 7.16. The molecule has 7 heteroatoms. The van der Waals surface area contributed by atoms with Crippen molar-refractivity contribution in [3.8, 4) is 29.6 Å². The van der Waals surface area contributed by atoms with Crippen molar-refractivity contribution in [2.24, 2.45) is 4.99 Å². The fourth-order valence-corrected chi connectivity index (χ4v) is 4.68. The molecule has 31 heavy (non-hydrogen) atoms. The minimum absolute atomic E-state index is 0.278. The van der Waals surface area contributed by atoms with Crippen molar-refractivity contribution in [1.82, 2.24) is 4.57 Å². The summed E-state index contributed by atoms with van der Waals surface area (Å²) >= 11 is 1.38. The number of fused-ring (bicyclic) bond motifs is 3. The van der Waals surface area contributed by atoms with Crippen molar-refractivity contribution in [3.63, 3.8) is 0 Å². The number of terminal acetylenes is 1. The van der Waals surface area contributed by atoms with E-state index >= 15 is 0 Å². The van der Waals surface area contributed by atoms with E-state index in [2.05, 4.69) is 10.9 Å². The van der Waals surface area contributed by atoms with Crippen LogP contribution in [0.4, 0.5) is 0 Å². The van der Waals surface area contributed by atoms with E-state index in [-0.39, 0.29) is 6.54 Å². The number of amides is 1. The number of rotatable bonds is 3. The van der Waals surface area contributed by atoms with Gasteiger partial charge in [0.1, 0.15) is 19.0 Å². The van der Waals surface area contributed by atoms with Crippen LogP contribution < -0.4 is 19.0 Å². The number of thiazole rings is 1. The molecule has 6 nitrogen and oxygen atoms in total. The minimum atomic E-state index is -0.391. The maximum atomic E-state index is 13.2. The van der Waals surface area contributed by atoms with Crippen LogP contribution >= 0.6 is 11.3 Å². The molecule has 0 atom stereocenters. The van der Waals surface area contributed by atoms with Crippen LogP contribution in [0.3, 0.4) is 0 Å². The lowest BCUT2D eigenvalue weighted by Crippen LogP contribution is -2.17. The first kappa shape index (κ1) is 19.2. The molecule has 154 valence electrons. The summed E-state index contributed by atoms with van der Waals surface area (Å²) in [5.41, 5.74) is 1.25. The van der Waals surface area contributed by atoms with Crippen molar-refractivity contribution in [2.45, 2.75) is 6.54 Å². The number of carbonyl (C=O) groups excluding carboxylic acids is 1. The molecule has 3 aromatic carbocycles. The van der Waals surface area contributed by atoms with Crippen LogP contribution in [0, 0.1) is 12.3 Å². The van der Waals surface area contributed by atoms with Crippen molar-refractivity contribution >= 4 is 38.2 Å². The monoisotopic (exact) mass is 430 g/mol. The van der Waals surface area contributed by atoms with Gasteiger partial charge in [-0.05, 0) is 22.9 Å². The number of nitrogens with zero attached hydrogens (tertiary/aromatic N) is 2. The number of benzene rings is 3. The van der Waals surface area contributed by atoms with E-state index in [1.807, 2.05) is 47.0 Å². The second-order valence-electron chi connectivity index (χ2n) is 6.96. The molecule has 0 aliphatic carbocycles. The van der Waals surface area contributed by atoms with Crippen LogP contribution in [-0.4, -0.2) is 30.8 Å². The maximum absolute atomic E-state index is 13.2. The summed E-state index contributed by atoms with van der Waals surface area (Å²) in [4.78, 5) is 18.1. The Kier molecular flexibility index (Phi) is 4.85. The van der Waals surface area contributed by atoms with Crippen LogP contribution in [-0.2, 0) is 6.54 Å². The number of hydrogen-bond acceptors (Lipinski definition) is 5. The lowest BCUT2D eigenvalue weighted by molar-refractivity contribution is 0.0995. The summed E-state index contributed by atoms with van der Waals surface area (Å²) in [5.74, 6) is 4.08. The van der Waals surface area contributed by atoms with E-state index < -0.39 is 5.91 Å². The van der Waals surface area contributed by atoms with Crippen LogP contribution in [0.25, 0.3) is 21.0 Å². The van der Waals surface area contributed by atoms with Gasteiger partial charge in [-0.25, -0.2) is 0 Å². The van der Waals surface area contributed by atoms with Crippen LogP contribution in [0.5, 0.6) is 17.2 Å². The molecule has 0 saturated heterocycles. The molecule has 1 amide bonds. The van der Waals surface area contributed by atoms with Crippen molar-refractivity contribution in [1.29, 1.82) is 0 Å². The highest BCUT2D eigenvalue weighted by Gasteiger charge is 2.18. The first-order valence-electron chi connectivity index (χ1n) is 9.70. The van der Waals surface area contributed by atoms with Gasteiger partial charge in [-0.1, -0.05) is 41.5 Å². The molecule has 0 saturated carbocycles. The Hall–Kier alpha value is -3.76. The van der Waals surface area contributed by atoms with Gasteiger partial charge >= 0.3 is 0 Å². The smallest absolute Gasteiger partial charge is 0.283 e. The van der Waals surface area contributed by atoms with E-state index in [9.17, 15) is 4.79 Å². The average Bonchev–Trinajstić information content (AvgIpc) is 3.12. The molecule has 0 N–H and O–H groups in total. The van der Waals surface area contributed by atoms with Crippen molar-refractivity contribution in [2.75, 3.05) is 20.3 Å². The number of hydrogen-bond donors (Lipinski definition) is 0. The third-order valence-corrected chi connectivity index (χ3v) is 6.13. The summed E-state index contributed by atoms with van der Waals surface area (Å²) in [6, 6.07) is 15.2. The number of methoxy groups -OCH3 is 1. The highest BCUT2D eigenvalue weighted by atomic mass is 32.1. The van der Waals surface area contributed by atoms with Crippen LogP contribution in [0.2, 0.25) is 0 Å². The Morgan fingerprint density at radius 2 is 1.87 bits per heavy atom. The Balaban J connectivity index is 1.67. The normalized spacial score (nSPS) is 13.4. The average molecular weight is 430 g/mol. The van der Waals surface area contributed by atoms with Crippen molar-refractivity contribution in [3.05, 3.63) is 58.9 Å². The lowest BCUT2D eigenvalue weighted by atomic mass is 10.1. The Labute approximate surface area is 182 Å². The second-order valence-corrected chi connectivity index (χ2v) is 7.96. The first-order chi connectivity index (χ1) is 15.2. The van der Waals surface area contributed by atoms with Crippen molar-refractivity contribution < 1.29 is 19.0 Å². The summed E-state index contributed by atoms with van der Waals surface area (Å²) in [5, 5.41) is 1.93. The van der Waals surface area contributed by atoms with Gasteiger partial charge in [-0.3, -0.25) is 4.79 Å². The quantitative estimate of drug-likeness (QED) is 0.461. The van der Waals surface area contributed by atoms with Crippen LogP contribution in [0.1, 0.15) is 10.4 Å². The van der Waals surface area contributed by atoms with Gasteiger partial charge in [0, 0.05) is 12.1 Å². The number of ether oxygens (including phenoxy) is 3. The molecule has 1 aliphatic heterocycles. The fraction of sp³-hybridized carbons (Fsp3) is 0.167. The number of carbonyl (C=O) groups is 1. The molecule has 5 rings (SSSR count). The summed E-state index contributed by atoms with van der Waals surface area (Å²) in [6.45, 7) is 1.28. The van der Waals surface area contributed by atoms with Gasteiger partial charge < -0.3 is 18.8 Å². The predicted molar refractivity (Wildman–Crippen MR) is 120 cm³/mol. The van der Waals surface area contributed by atoms with Crippen LogP contribution in [0.15, 0.2) is 53.5 Å². The van der Waals surface area contributed by atoms with E-state index in [0.29, 0.717) is 40.8 Å². The van der Waals surface area contributed by atoms with E-state index in [4.69, 9.17) is 20.6 Å². The molecular formula is C24H18N2O4S. The first-order valence-corrected chi connectivity index (χ1v) is 10.5. The molecule has 1 aliphatic rings. The summed E-state index contributed by atoms with van der Waals surface area (Å²) < 4.78 is 19.6. The minimum Gasteiger partial charge on any atom is -0.496 e. The lowest BCUT2D eigenvalue weighted by Gasteiger charge is -2.18. The predicted octanol–water partition coefficient (Wildman–Crippen LogP) is 4.01. The Bertz CT molecular complexity index is 1440. The van der Waals surface area contributed by atoms with Gasteiger partial charge in [-0.2, -0.15) is 4.99 Å². The number of aromatic nitrogens is 1. The summed E-state index contributed by atoms with van der Waals surface area (Å²) in [6.07, 6.45) is 5.60. The molecule has 0 spiro atoms. The van der Waals surface area contributed by atoms with Gasteiger partial charge in [-0.15, -0.1) is 6.42 Å². The topological polar surface area (TPSA) is 62.1 Å². The third-order valence-electron chi connectivity index (χ3n) is 5.09. The molecule has 1 aromatic heterocycles. The molecule has 0 fully saturated rings. The third kappa shape index (κ3) is 3.41. The van der Waals surface area contributed by atoms with E-state index in [1.54, 1.807) is 13.2 Å². The SMILES string of the molecule is C#CCn1c(=NC(=O)c2cc3ccccc3cc2OC)sc2cc3c(cc21)OCCO3. The van der Waals surface area contributed by atoms with Gasteiger partial charge in [0.25, 0.3) is 5.91 Å². The summed E-state index contributed by atoms with van der Waals surface area (Å²) in [7, 11) is 1.55. The highest BCUT2D eigenvalue weighted by Crippen LogP contribution is 2.35. The molecule has 2 heterocycles. The fourth-order valence-electron chi connectivity index (χ4n) is 3.64. The Morgan fingerprint density at radius 3 is 2.58 bits per heavy atom. The zero-order valence-corrected chi connectivity index (χ0v) is 17.6. The molecule has 0 radical (unpaired) electrons. The van der Waals surface area contributed by atoms with Gasteiger partial charge in [0.05, 0.1) is 29.4 Å². The molecular weight excluding hydrogens is 412 g/mol. The zero-order chi connectivity index (χ0) is 21.4. The molecule has 0 unspecified atom stereocenters.